The van der Waals surface area contributed by atoms with Crippen LogP contribution in [-0.2, 0) is 4.79 Å². The molecule has 6 heteroatoms. The van der Waals surface area contributed by atoms with Gasteiger partial charge in [0.15, 0.2) is 0 Å². The Labute approximate surface area is 229 Å². The van der Waals surface area contributed by atoms with Gasteiger partial charge in [-0.2, -0.15) is 0 Å². The van der Waals surface area contributed by atoms with Crippen molar-refractivity contribution in [3.63, 3.8) is 0 Å². The number of hydrogen-bond donors (Lipinski definition) is 5. The molecule has 2 saturated carbocycles. The number of aliphatic hydroxyl groups is 4. The van der Waals surface area contributed by atoms with Crippen molar-refractivity contribution in [2.24, 2.45) is 17.3 Å². The number of nitrogens with one attached hydrogen (secondary N) is 1. The smallest absolute Gasteiger partial charge is 0.145 e. The Kier molecular flexibility index (Phi) is 12.9. The molecule has 0 amide bonds. The Bertz CT molecular complexity index is 928. The first kappa shape index (κ1) is 32.4. The molecule has 0 saturated heterocycles. The maximum absolute atomic E-state index is 12.2. The van der Waals surface area contributed by atoms with E-state index in [2.05, 4.69) is 31.8 Å². The monoisotopic (exact) mass is 529 g/mol. The minimum absolute atomic E-state index is 0.0125. The maximum atomic E-state index is 12.2. The maximum Gasteiger partial charge on any atom is 0.145 e. The second-order valence-corrected chi connectivity index (χ2v) is 11.5. The number of carbonyl (C=O) groups is 1. The van der Waals surface area contributed by atoms with Crippen LogP contribution in [0, 0.1) is 17.3 Å². The van der Waals surface area contributed by atoms with Crippen molar-refractivity contribution in [1.82, 2.24) is 5.32 Å². The molecule has 0 aromatic heterocycles. The first-order valence-electron chi connectivity index (χ1n) is 14.2. The van der Waals surface area contributed by atoms with E-state index in [1.54, 1.807) is 0 Å². The molecule has 0 aliphatic heterocycles. The summed E-state index contributed by atoms with van der Waals surface area (Å²) in [5, 5.41) is 47.4. The van der Waals surface area contributed by atoms with E-state index in [0.717, 1.165) is 35.8 Å². The summed E-state index contributed by atoms with van der Waals surface area (Å²) in [6, 6.07) is 0. The quantitative estimate of drug-likeness (QED) is 0.0977. The minimum Gasteiger partial charge on any atom is -0.396 e. The molecule has 0 aromatic rings. The highest BCUT2D eigenvalue weighted by Gasteiger charge is 2.65. The molecule has 2 aliphatic carbocycles. The van der Waals surface area contributed by atoms with Crippen LogP contribution >= 0.6 is 0 Å². The van der Waals surface area contributed by atoms with Crippen molar-refractivity contribution < 1.29 is 25.2 Å². The fourth-order valence-electron chi connectivity index (χ4n) is 6.91. The van der Waals surface area contributed by atoms with Gasteiger partial charge >= 0.3 is 0 Å². The zero-order valence-corrected chi connectivity index (χ0v) is 24.0. The van der Waals surface area contributed by atoms with Gasteiger partial charge in [0.2, 0.25) is 0 Å². The van der Waals surface area contributed by atoms with Gasteiger partial charge in [0.1, 0.15) is 6.29 Å². The second kappa shape index (κ2) is 15.1. The lowest BCUT2D eigenvalue weighted by Crippen LogP contribution is -2.61. The molecule has 0 aromatic carbocycles. The van der Waals surface area contributed by atoms with Crippen LogP contribution in [0.4, 0.5) is 0 Å². The zero-order valence-electron chi connectivity index (χ0n) is 24.0. The van der Waals surface area contributed by atoms with E-state index in [1.165, 1.54) is 5.57 Å². The van der Waals surface area contributed by atoms with Gasteiger partial charge in [-0.3, -0.25) is 4.79 Å². The van der Waals surface area contributed by atoms with Gasteiger partial charge in [-0.05, 0) is 109 Å². The predicted octanol–water partition coefficient (Wildman–Crippen LogP) is 4.56. The van der Waals surface area contributed by atoms with Gasteiger partial charge in [0.05, 0.1) is 18.3 Å². The molecule has 214 valence electrons. The molecule has 2 rings (SSSR count). The van der Waals surface area contributed by atoms with Crippen molar-refractivity contribution in [1.29, 1.82) is 0 Å². The topological polar surface area (TPSA) is 110 Å². The van der Waals surface area contributed by atoms with Crippen LogP contribution in [0.15, 0.2) is 58.7 Å². The van der Waals surface area contributed by atoms with Crippen molar-refractivity contribution >= 4 is 6.29 Å². The lowest BCUT2D eigenvalue weighted by molar-refractivity contribution is -0.180. The first-order chi connectivity index (χ1) is 18.1. The molecule has 5 atom stereocenters. The Morgan fingerprint density at radius 2 is 1.95 bits per heavy atom. The van der Waals surface area contributed by atoms with Gasteiger partial charge in [0.25, 0.3) is 0 Å². The van der Waals surface area contributed by atoms with Gasteiger partial charge in [-0.25, -0.2) is 0 Å². The number of hydrogen-bond acceptors (Lipinski definition) is 6. The Morgan fingerprint density at radius 1 is 1.21 bits per heavy atom. The van der Waals surface area contributed by atoms with E-state index in [0.29, 0.717) is 57.1 Å². The highest BCUT2D eigenvalue weighted by Crippen LogP contribution is 2.63. The summed E-state index contributed by atoms with van der Waals surface area (Å²) in [6.07, 6.45) is 13.6. The average molecular weight is 530 g/mol. The Morgan fingerprint density at radius 3 is 2.55 bits per heavy atom. The van der Waals surface area contributed by atoms with Crippen molar-refractivity contribution in [3.05, 3.63) is 58.7 Å². The second-order valence-electron chi connectivity index (χ2n) is 11.5. The first-order valence-corrected chi connectivity index (χ1v) is 14.2. The highest BCUT2D eigenvalue weighted by molar-refractivity contribution is 5.74. The lowest BCUT2D eigenvalue weighted by Gasteiger charge is -2.57. The number of aldehydes is 1. The molecule has 2 fully saturated rings. The van der Waals surface area contributed by atoms with Crippen LogP contribution in [0.1, 0.15) is 78.6 Å². The summed E-state index contributed by atoms with van der Waals surface area (Å²) in [6.45, 7) is 10.5. The standard InChI is InChI=1S/C32H51NO5/c1-23(2)9-6-10-24(3)11-7-12-26(22-36)28-15-17-32(30(28)37)29(13-8-20-34)27(25(4)21-35)14-16-31(32,38)18-19-33-5/h7,9,11-12,21,28-30,33-34,36-38H,3,6,8,10,13-20,22H2,1-2,4-5H3/b11-7+,26-12-,27-25-/t28-,29-,30+,31-,32+/m0/s1. The third-order valence-electron chi connectivity index (χ3n) is 8.94. The summed E-state index contributed by atoms with van der Waals surface area (Å²) >= 11 is 0. The van der Waals surface area contributed by atoms with E-state index in [-0.39, 0.29) is 25.0 Å². The third-order valence-corrected chi connectivity index (χ3v) is 8.94. The van der Waals surface area contributed by atoms with E-state index in [4.69, 9.17) is 0 Å². The predicted molar refractivity (Wildman–Crippen MR) is 155 cm³/mol. The Hall–Kier alpha value is -1.83. The average Bonchev–Trinajstić information content (AvgIpc) is 3.23. The molecule has 0 unspecified atom stereocenters. The molecule has 38 heavy (non-hydrogen) atoms. The van der Waals surface area contributed by atoms with E-state index >= 15 is 0 Å². The van der Waals surface area contributed by atoms with Gasteiger partial charge < -0.3 is 25.7 Å². The van der Waals surface area contributed by atoms with E-state index in [1.807, 2.05) is 32.2 Å². The fourth-order valence-corrected chi connectivity index (χ4v) is 6.91. The number of rotatable bonds is 14. The van der Waals surface area contributed by atoms with E-state index in [9.17, 15) is 25.2 Å². The normalized spacial score (nSPS) is 31.2. The van der Waals surface area contributed by atoms with Crippen LogP contribution in [-0.4, -0.2) is 65.2 Å². The molecular formula is C32H51NO5. The molecule has 0 radical (unpaired) electrons. The molecule has 2 aliphatic rings. The largest absolute Gasteiger partial charge is 0.396 e. The SMILES string of the molecule is C=C(/C=C/C=C(/CO)[C@@H]1CC[C@]2([C@@H]1O)[C@@H](CCCO)/C(=C(/C)C=O)CC[C@]2(O)CCNC)CCC=C(C)C. The summed E-state index contributed by atoms with van der Waals surface area (Å²) in [7, 11) is 1.85. The molecule has 6 nitrogen and oxygen atoms in total. The summed E-state index contributed by atoms with van der Waals surface area (Å²) in [5.41, 5.74) is 2.67. The minimum atomic E-state index is -1.13. The molecule has 1 spiro atoms. The number of carbonyl (C=O) groups excluding carboxylic acids is 1. The van der Waals surface area contributed by atoms with Crippen LogP contribution in [0.3, 0.4) is 0 Å². The van der Waals surface area contributed by atoms with Crippen LogP contribution in [0.25, 0.3) is 0 Å². The summed E-state index contributed by atoms with van der Waals surface area (Å²) in [4.78, 5) is 11.8. The van der Waals surface area contributed by atoms with Crippen molar-refractivity contribution in [2.45, 2.75) is 90.3 Å². The molecule has 0 heterocycles. The number of allylic oxidation sites excluding steroid dienone is 8. The number of aliphatic hydroxyl groups excluding tert-OH is 3. The van der Waals surface area contributed by atoms with Crippen molar-refractivity contribution in [2.75, 3.05) is 26.8 Å². The highest BCUT2D eigenvalue weighted by atomic mass is 16.3. The summed E-state index contributed by atoms with van der Waals surface area (Å²) < 4.78 is 0. The van der Waals surface area contributed by atoms with Crippen LogP contribution < -0.4 is 5.32 Å². The summed E-state index contributed by atoms with van der Waals surface area (Å²) in [5.74, 6) is -0.530. The van der Waals surface area contributed by atoms with Crippen LogP contribution in [0.5, 0.6) is 0 Å². The third kappa shape index (κ3) is 7.22. The van der Waals surface area contributed by atoms with Crippen molar-refractivity contribution in [3.8, 4) is 0 Å². The van der Waals surface area contributed by atoms with Gasteiger partial charge in [0, 0.05) is 17.9 Å². The lowest BCUT2D eigenvalue weighted by atomic mass is 9.51. The van der Waals surface area contributed by atoms with Gasteiger partial charge in [-0.15, -0.1) is 0 Å². The zero-order chi connectivity index (χ0) is 28.3. The molecule has 5 N–H and O–H groups in total. The van der Waals surface area contributed by atoms with Gasteiger partial charge in [-0.1, -0.05) is 47.6 Å². The fraction of sp³-hybridized carbons (Fsp3) is 0.656. The molecular weight excluding hydrogens is 478 g/mol. The Balaban J connectivity index is 2.45. The van der Waals surface area contributed by atoms with Crippen LogP contribution in [0.2, 0.25) is 0 Å². The molecule has 0 bridgehead atoms. The van der Waals surface area contributed by atoms with E-state index < -0.39 is 17.1 Å².